The summed E-state index contributed by atoms with van der Waals surface area (Å²) in [6.45, 7) is 4.34. The van der Waals surface area contributed by atoms with Crippen LogP contribution in [0.2, 0.25) is 0 Å². The van der Waals surface area contributed by atoms with Crippen LogP contribution in [0.1, 0.15) is 18.4 Å². The molecule has 0 atom stereocenters. The minimum absolute atomic E-state index is 0.955. The number of aryl methyl sites for hydroxylation is 1. The van der Waals surface area contributed by atoms with Crippen molar-refractivity contribution in [3.63, 3.8) is 0 Å². The van der Waals surface area contributed by atoms with Crippen molar-refractivity contribution in [2.24, 2.45) is 0 Å². The molecule has 0 amide bonds. The smallest absolute Gasteiger partial charge is 0.154 e. The van der Waals surface area contributed by atoms with E-state index in [0.717, 1.165) is 30.2 Å². The SMILES string of the molecule is Cc1cc(-c2ccccc2)nnc1N1CCCC1. The predicted octanol–water partition coefficient (Wildman–Crippen LogP) is 3.05. The van der Waals surface area contributed by atoms with Crippen LogP contribution in [0.3, 0.4) is 0 Å². The summed E-state index contributed by atoms with van der Waals surface area (Å²) in [6.07, 6.45) is 2.53. The Kier molecular flexibility index (Phi) is 2.97. The average molecular weight is 239 g/mol. The second-order valence-electron chi connectivity index (χ2n) is 4.80. The van der Waals surface area contributed by atoms with E-state index in [-0.39, 0.29) is 0 Å². The van der Waals surface area contributed by atoms with E-state index in [0.29, 0.717) is 0 Å². The van der Waals surface area contributed by atoms with Crippen LogP contribution in [0.15, 0.2) is 36.4 Å². The van der Waals surface area contributed by atoms with Crippen molar-refractivity contribution in [2.45, 2.75) is 19.8 Å². The number of anilines is 1. The fourth-order valence-corrected chi connectivity index (χ4v) is 2.47. The first kappa shape index (κ1) is 11.2. The van der Waals surface area contributed by atoms with Gasteiger partial charge in [-0.1, -0.05) is 30.3 Å². The van der Waals surface area contributed by atoms with Crippen LogP contribution in [0, 0.1) is 6.92 Å². The van der Waals surface area contributed by atoms with E-state index < -0.39 is 0 Å². The van der Waals surface area contributed by atoms with E-state index in [1.54, 1.807) is 0 Å². The highest BCUT2D eigenvalue weighted by atomic mass is 15.3. The first-order valence-electron chi connectivity index (χ1n) is 6.49. The third-order valence-electron chi connectivity index (χ3n) is 3.43. The summed E-state index contributed by atoms with van der Waals surface area (Å²) in [6, 6.07) is 12.3. The topological polar surface area (TPSA) is 29.0 Å². The minimum Gasteiger partial charge on any atom is -0.355 e. The zero-order valence-corrected chi connectivity index (χ0v) is 10.6. The molecular weight excluding hydrogens is 222 g/mol. The lowest BCUT2D eigenvalue weighted by atomic mass is 10.1. The summed E-state index contributed by atoms with van der Waals surface area (Å²) in [5.74, 6) is 1.05. The molecule has 3 rings (SSSR count). The van der Waals surface area contributed by atoms with Crippen LogP contribution in [0.25, 0.3) is 11.3 Å². The van der Waals surface area contributed by atoms with Gasteiger partial charge in [0.25, 0.3) is 0 Å². The maximum Gasteiger partial charge on any atom is 0.154 e. The lowest BCUT2D eigenvalue weighted by molar-refractivity contribution is 0.885. The monoisotopic (exact) mass is 239 g/mol. The molecule has 0 radical (unpaired) electrons. The molecule has 0 unspecified atom stereocenters. The van der Waals surface area contributed by atoms with Gasteiger partial charge in [0.1, 0.15) is 0 Å². The largest absolute Gasteiger partial charge is 0.355 e. The van der Waals surface area contributed by atoms with E-state index in [2.05, 4.69) is 40.2 Å². The van der Waals surface area contributed by atoms with Gasteiger partial charge in [0, 0.05) is 18.7 Å². The molecule has 92 valence electrons. The predicted molar refractivity (Wildman–Crippen MR) is 73.7 cm³/mol. The highest BCUT2D eigenvalue weighted by Crippen LogP contribution is 2.24. The van der Waals surface area contributed by atoms with E-state index in [9.17, 15) is 0 Å². The van der Waals surface area contributed by atoms with Crippen molar-refractivity contribution in [1.29, 1.82) is 0 Å². The molecule has 0 saturated carbocycles. The van der Waals surface area contributed by atoms with E-state index in [1.165, 1.54) is 18.4 Å². The molecule has 1 aromatic heterocycles. The lowest BCUT2D eigenvalue weighted by Crippen LogP contribution is -2.20. The number of hydrogen-bond acceptors (Lipinski definition) is 3. The molecule has 1 saturated heterocycles. The van der Waals surface area contributed by atoms with Crippen molar-refractivity contribution in [3.8, 4) is 11.3 Å². The lowest BCUT2D eigenvalue weighted by Gasteiger charge is -2.18. The normalized spacial score (nSPS) is 15.1. The summed E-state index contributed by atoms with van der Waals surface area (Å²) in [4.78, 5) is 2.33. The summed E-state index contributed by atoms with van der Waals surface area (Å²) in [5.41, 5.74) is 3.29. The second-order valence-corrected chi connectivity index (χ2v) is 4.80. The molecule has 1 fully saturated rings. The third kappa shape index (κ3) is 2.08. The standard InChI is InChI=1S/C15H17N3/c1-12-11-14(13-7-3-2-4-8-13)16-17-15(12)18-9-5-6-10-18/h2-4,7-8,11H,5-6,9-10H2,1H3. The van der Waals surface area contributed by atoms with Crippen molar-refractivity contribution in [1.82, 2.24) is 10.2 Å². The molecule has 0 N–H and O–H groups in total. The molecule has 0 aliphatic carbocycles. The van der Waals surface area contributed by atoms with Crippen LogP contribution >= 0.6 is 0 Å². The van der Waals surface area contributed by atoms with Crippen molar-refractivity contribution >= 4 is 5.82 Å². The fourth-order valence-electron chi connectivity index (χ4n) is 2.47. The molecule has 3 nitrogen and oxygen atoms in total. The minimum atomic E-state index is 0.955. The second kappa shape index (κ2) is 4.77. The number of rotatable bonds is 2. The third-order valence-corrected chi connectivity index (χ3v) is 3.43. The van der Waals surface area contributed by atoms with Gasteiger partial charge < -0.3 is 4.90 Å². The number of nitrogens with zero attached hydrogens (tertiary/aromatic N) is 3. The Morgan fingerprint density at radius 1 is 1.00 bits per heavy atom. The van der Waals surface area contributed by atoms with Gasteiger partial charge >= 0.3 is 0 Å². The van der Waals surface area contributed by atoms with Gasteiger partial charge in [-0.15, -0.1) is 10.2 Å². The Labute approximate surface area is 107 Å². The zero-order valence-electron chi connectivity index (χ0n) is 10.6. The van der Waals surface area contributed by atoms with Gasteiger partial charge in [-0.05, 0) is 31.4 Å². The average Bonchev–Trinajstić information content (AvgIpc) is 2.93. The van der Waals surface area contributed by atoms with Gasteiger partial charge in [-0.3, -0.25) is 0 Å². The molecule has 0 bridgehead atoms. The van der Waals surface area contributed by atoms with Gasteiger partial charge in [0.05, 0.1) is 5.69 Å². The molecular formula is C15H17N3. The highest BCUT2D eigenvalue weighted by molar-refractivity contribution is 5.61. The molecule has 1 aliphatic rings. The van der Waals surface area contributed by atoms with E-state index >= 15 is 0 Å². The maximum absolute atomic E-state index is 4.41. The Morgan fingerprint density at radius 3 is 2.39 bits per heavy atom. The first-order chi connectivity index (χ1) is 8.84. The molecule has 18 heavy (non-hydrogen) atoms. The van der Waals surface area contributed by atoms with Gasteiger partial charge in [-0.2, -0.15) is 0 Å². The van der Waals surface area contributed by atoms with Crippen molar-refractivity contribution in [2.75, 3.05) is 18.0 Å². The molecule has 3 heteroatoms. The van der Waals surface area contributed by atoms with Crippen LogP contribution < -0.4 is 4.90 Å². The first-order valence-corrected chi connectivity index (χ1v) is 6.49. The Morgan fingerprint density at radius 2 is 1.72 bits per heavy atom. The van der Waals surface area contributed by atoms with Crippen molar-refractivity contribution < 1.29 is 0 Å². The highest BCUT2D eigenvalue weighted by Gasteiger charge is 2.16. The van der Waals surface area contributed by atoms with E-state index in [1.807, 2.05) is 18.2 Å². The maximum atomic E-state index is 4.41. The Hall–Kier alpha value is -1.90. The Bertz CT molecular complexity index is 531. The van der Waals surface area contributed by atoms with Crippen LogP contribution in [0.5, 0.6) is 0 Å². The summed E-state index contributed by atoms with van der Waals surface area (Å²) < 4.78 is 0. The van der Waals surface area contributed by atoms with Crippen molar-refractivity contribution in [3.05, 3.63) is 42.0 Å². The summed E-state index contributed by atoms with van der Waals surface area (Å²) in [7, 11) is 0. The molecule has 1 aromatic carbocycles. The number of hydrogen-bond donors (Lipinski definition) is 0. The molecule has 2 heterocycles. The summed E-state index contributed by atoms with van der Waals surface area (Å²) in [5, 5.41) is 8.78. The summed E-state index contributed by atoms with van der Waals surface area (Å²) >= 11 is 0. The molecule has 2 aromatic rings. The van der Waals surface area contributed by atoms with Gasteiger partial charge in [0.15, 0.2) is 5.82 Å². The molecule has 1 aliphatic heterocycles. The van der Waals surface area contributed by atoms with Crippen LogP contribution in [-0.2, 0) is 0 Å². The Balaban J connectivity index is 1.94. The van der Waals surface area contributed by atoms with Gasteiger partial charge in [-0.25, -0.2) is 0 Å². The number of aromatic nitrogens is 2. The van der Waals surface area contributed by atoms with Crippen LogP contribution in [0.4, 0.5) is 5.82 Å². The van der Waals surface area contributed by atoms with E-state index in [4.69, 9.17) is 0 Å². The van der Waals surface area contributed by atoms with Gasteiger partial charge in [0.2, 0.25) is 0 Å². The quantitative estimate of drug-likeness (QED) is 0.806. The zero-order chi connectivity index (χ0) is 12.4. The molecule has 0 spiro atoms. The fraction of sp³-hybridized carbons (Fsp3) is 0.333. The van der Waals surface area contributed by atoms with Crippen LogP contribution in [-0.4, -0.2) is 23.3 Å². The number of benzene rings is 1.